The third-order valence-electron chi connectivity index (χ3n) is 2.38. The first-order valence-corrected chi connectivity index (χ1v) is 6.21. The highest BCUT2D eigenvalue weighted by Crippen LogP contribution is 2.23. The number of nitrogens with zero attached hydrogens (tertiary/aromatic N) is 2. The van der Waals surface area contributed by atoms with Gasteiger partial charge in [-0.3, -0.25) is 0 Å². The van der Waals surface area contributed by atoms with Gasteiger partial charge in [0.25, 0.3) is 0 Å². The predicted octanol–water partition coefficient (Wildman–Crippen LogP) is 2.24. The van der Waals surface area contributed by atoms with Crippen LogP contribution in [-0.2, 0) is 5.75 Å². The van der Waals surface area contributed by atoms with Crippen molar-refractivity contribution < 1.29 is 0 Å². The number of aryl methyl sites for hydroxylation is 1. The number of thioether (sulfide) groups is 1. The smallest absolute Gasteiger partial charge is 0.223 e. The van der Waals surface area contributed by atoms with Gasteiger partial charge in [-0.25, -0.2) is 4.98 Å². The van der Waals surface area contributed by atoms with Crippen LogP contribution in [0.5, 0.6) is 0 Å². The molecule has 0 unspecified atom stereocenters. The maximum absolute atomic E-state index is 5.61. The van der Waals surface area contributed by atoms with E-state index in [0.717, 1.165) is 10.8 Å². The van der Waals surface area contributed by atoms with Crippen molar-refractivity contribution >= 4 is 23.5 Å². The first kappa shape index (κ1) is 11.7. The predicted molar refractivity (Wildman–Crippen MR) is 71.6 cm³/mol. The lowest BCUT2D eigenvalue weighted by Crippen LogP contribution is -2.00. The number of aromatic nitrogens is 2. The molecule has 0 saturated heterocycles. The van der Waals surface area contributed by atoms with Gasteiger partial charge in [-0.2, -0.15) is 4.98 Å². The quantitative estimate of drug-likeness (QED) is 0.641. The Morgan fingerprint density at radius 1 is 1.18 bits per heavy atom. The van der Waals surface area contributed by atoms with Crippen molar-refractivity contribution in [3.63, 3.8) is 0 Å². The fraction of sp³-hybridized carbons (Fsp3) is 0.167. The molecule has 1 aromatic heterocycles. The van der Waals surface area contributed by atoms with E-state index in [1.54, 1.807) is 17.8 Å². The molecule has 4 N–H and O–H groups in total. The molecule has 0 atom stereocenters. The minimum absolute atomic E-state index is 0.220. The van der Waals surface area contributed by atoms with Crippen molar-refractivity contribution in [2.75, 3.05) is 11.5 Å². The summed E-state index contributed by atoms with van der Waals surface area (Å²) < 4.78 is 0. The normalized spacial score (nSPS) is 10.4. The molecule has 1 heterocycles. The maximum atomic E-state index is 5.61. The summed E-state index contributed by atoms with van der Waals surface area (Å²) in [5.74, 6) is 1.48. The molecule has 17 heavy (non-hydrogen) atoms. The van der Waals surface area contributed by atoms with Gasteiger partial charge in [0, 0.05) is 11.8 Å². The number of rotatable bonds is 3. The molecule has 0 radical (unpaired) electrons. The third kappa shape index (κ3) is 3.10. The Balaban J connectivity index is 2.10. The zero-order valence-corrected chi connectivity index (χ0v) is 10.4. The zero-order chi connectivity index (χ0) is 12.3. The van der Waals surface area contributed by atoms with Gasteiger partial charge in [-0.05, 0) is 18.1 Å². The Bertz CT molecular complexity index is 507. The van der Waals surface area contributed by atoms with Crippen LogP contribution in [0.1, 0.15) is 11.1 Å². The van der Waals surface area contributed by atoms with Crippen LogP contribution in [0.4, 0.5) is 11.8 Å². The zero-order valence-electron chi connectivity index (χ0n) is 9.55. The summed E-state index contributed by atoms with van der Waals surface area (Å²) in [6.45, 7) is 2.10. The molecular formula is C12H14N4S. The summed E-state index contributed by atoms with van der Waals surface area (Å²) in [7, 11) is 0. The Morgan fingerprint density at radius 3 is 2.65 bits per heavy atom. The average molecular weight is 246 g/mol. The van der Waals surface area contributed by atoms with Crippen LogP contribution >= 0.6 is 11.8 Å². The highest BCUT2D eigenvalue weighted by molar-refractivity contribution is 7.98. The van der Waals surface area contributed by atoms with Gasteiger partial charge in [0.2, 0.25) is 5.95 Å². The van der Waals surface area contributed by atoms with Crippen molar-refractivity contribution in [2.45, 2.75) is 17.7 Å². The van der Waals surface area contributed by atoms with Crippen molar-refractivity contribution in [2.24, 2.45) is 0 Å². The molecule has 0 aliphatic rings. The second kappa shape index (κ2) is 5.05. The summed E-state index contributed by atoms with van der Waals surface area (Å²) in [5, 5.41) is 0.804. The van der Waals surface area contributed by atoms with Gasteiger partial charge in [0.1, 0.15) is 10.8 Å². The Morgan fingerprint density at radius 2 is 1.94 bits per heavy atom. The summed E-state index contributed by atoms with van der Waals surface area (Å²) in [6.07, 6.45) is 0. The molecule has 0 saturated carbocycles. The van der Waals surface area contributed by atoms with Crippen LogP contribution in [0.15, 0.2) is 35.4 Å². The number of hydrogen-bond acceptors (Lipinski definition) is 5. The van der Waals surface area contributed by atoms with Gasteiger partial charge in [0.05, 0.1) is 0 Å². The average Bonchev–Trinajstić information content (AvgIpc) is 2.27. The van der Waals surface area contributed by atoms with Crippen LogP contribution in [0.2, 0.25) is 0 Å². The molecule has 5 heteroatoms. The molecule has 0 amide bonds. The molecule has 0 aliphatic heterocycles. The lowest BCUT2D eigenvalue weighted by Gasteiger charge is -2.05. The van der Waals surface area contributed by atoms with Crippen LogP contribution in [0.25, 0.3) is 0 Å². The van der Waals surface area contributed by atoms with Gasteiger partial charge < -0.3 is 11.5 Å². The van der Waals surface area contributed by atoms with Crippen molar-refractivity contribution in [1.29, 1.82) is 0 Å². The molecule has 2 rings (SSSR count). The van der Waals surface area contributed by atoms with Gasteiger partial charge in [-0.1, -0.05) is 24.3 Å². The van der Waals surface area contributed by atoms with Gasteiger partial charge in [-0.15, -0.1) is 11.8 Å². The molecule has 0 aliphatic carbocycles. The molecule has 2 aromatic rings. The van der Waals surface area contributed by atoms with E-state index >= 15 is 0 Å². The molecule has 0 spiro atoms. The minimum Gasteiger partial charge on any atom is -0.383 e. The third-order valence-corrected chi connectivity index (χ3v) is 3.34. The van der Waals surface area contributed by atoms with Crippen LogP contribution in [-0.4, -0.2) is 9.97 Å². The molecule has 1 aromatic carbocycles. The highest BCUT2D eigenvalue weighted by atomic mass is 32.2. The van der Waals surface area contributed by atoms with E-state index in [9.17, 15) is 0 Å². The first-order valence-electron chi connectivity index (χ1n) is 5.22. The Kier molecular flexibility index (Phi) is 3.49. The first-order chi connectivity index (χ1) is 8.15. The molecule has 4 nitrogen and oxygen atoms in total. The topological polar surface area (TPSA) is 77.8 Å². The lowest BCUT2D eigenvalue weighted by molar-refractivity contribution is 1.07. The van der Waals surface area contributed by atoms with E-state index in [1.807, 2.05) is 12.1 Å². The molecule has 0 fully saturated rings. The van der Waals surface area contributed by atoms with E-state index in [4.69, 9.17) is 11.5 Å². The fourth-order valence-electron chi connectivity index (χ4n) is 1.46. The number of nitrogens with two attached hydrogens (primary N) is 2. The molecule has 0 bridgehead atoms. The Hall–Kier alpha value is -1.75. The molecular weight excluding hydrogens is 232 g/mol. The van der Waals surface area contributed by atoms with E-state index in [1.165, 1.54) is 11.1 Å². The van der Waals surface area contributed by atoms with Crippen molar-refractivity contribution in [1.82, 2.24) is 9.97 Å². The van der Waals surface area contributed by atoms with Gasteiger partial charge >= 0.3 is 0 Å². The summed E-state index contributed by atoms with van der Waals surface area (Å²) >= 11 is 1.60. The van der Waals surface area contributed by atoms with Crippen LogP contribution in [0.3, 0.4) is 0 Å². The second-order valence-electron chi connectivity index (χ2n) is 3.70. The van der Waals surface area contributed by atoms with Crippen LogP contribution < -0.4 is 11.5 Å². The van der Waals surface area contributed by atoms with Gasteiger partial charge in [0.15, 0.2) is 0 Å². The van der Waals surface area contributed by atoms with Crippen molar-refractivity contribution in [3.05, 3.63) is 41.5 Å². The number of anilines is 2. The number of hydrogen-bond donors (Lipinski definition) is 2. The minimum atomic E-state index is 0.220. The Labute approximate surface area is 104 Å². The SMILES string of the molecule is Cc1ccccc1CSc1cc(N)nc(N)n1. The largest absolute Gasteiger partial charge is 0.383 e. The summed E-state index contributed by atoms with van der Waals surface area (Å²) in [4.78, 5) is 7.97. The fourth-order valence-corrected chi connectivity index (χ4v) is 2.45. The summed E-state index contributed by atoms with van der Waals surface area (Å²) in [6, 6.07) is 10.0. The molecule has 88 valence electrons. The maximum Gasteiger partial charge on any atom is 0.223 e. The van der Waals surface area contributed by atoms with E-state index in [0.29, 0.717) is 5.82 Å². The highest BCUT2D eigenvalue weighted by Gasteiger charge is 2.03. The number of benzene rings is 1. The van der Waals surface area contributed by atoms with Crippen molar-refractivity contribution in [3.8, 4) is 0 Å². The van der Waals surface area contributed by atoms with E-state index < -0.39 is 0 Å². The lowest BCUT2D eigenvalue weighted by atomic mass is 10.1. The second-order valence-corrected chi connectivity index (χ2v) is 4.70. The monoisotopic (exact) mass is 246 g/mol. The standard InChI is InChI=1S/C12H14N4S/c1-8-4-2-3-5-9(8)7-17-11-6-10(13)15-12(14)16-11/h2-6H,7H2,1H3,(H4,13,14,15,16). The van der Waals surface area contributed by atoms with E-state index in [-0.39, 0.29) is 5.95 Å². The summed E-state index contributed by atoms with van der Waals surface area (Å²) in [5.41, 5.74) is 13.7. The van der Waals surface area contributed by atoms with Crippen LogP contribution in [0, 0.1) is 6.92 Å². The van der Waals surface area contributed by atoms with E-state index in [2.05, 4.69) is 29.0 Å². The number of nitrogen functional groups attached to an aromatic ring is 2.